The summed E-state index contributed by atoms with van der Waals surface area (Å²) in [4.78, 5) is 9.92. The molecule has 0 N–H and O–H groups in total. The lowest BCUT2D eigenvalue weighted by molar-refractivity contribution is -0.0499. The third-order valence-corrected chi connectivity index (χ3v) is 5.02. The van der Waals surface area contributed by atoms with Gasteiger partial charge in [-0.2, -0.15) is 21.6 Å². The minimum absolute atomic E-state index is 0.00230. The second kappa shape index (κ2) is 6.71. The molecule has 1 saturated heterocycles. The molecule has 142 valence electrons. The number of pyridine rings is 2. The maximum atomic E-state index is 12.7. The van der Waals surface area contributed by atoms with E-state index in [1.54, 1.807) is 4.90 Å². The van der Waals surface area contributed by atoms with E-state index in [1.807, 2.05) is 6.92 Å². The molecule has 1 fully saturated rings. The fourth-order valence-electron chi connectivity index (χ4n) is 2.52. The zero-order chi connectivity index (χ0) is 19.1. The van der Waals surface area contributed by atoms with E-state index in [0.29, 0.717) is 19.8 Å². The molecule has 1 unspecified atom stereocenters. The van der Waals surface area contributed by atoms with Crippen molar-refractivity contribution in [3.63, 3.8) is 0 Å². The number of rotatable bonds is 3. The zero-order valence-corrected chi connectivity index (χ0v) is 14.9. The van der Waals surface area contributed by atoms with Crippen LogP contribution in [0, 0.1) is 0 Å². The zero-order valence-electron chi connectivity index (χ0n) is 13.3. The standard InChI is InChI=1S/C14H13ClF3N3O4S/c1-8-7-24-5-4-21(8)11-6-10(25-26(22,23)14(16,17)18)9-2-3-19-13(15)12(9)20-11/h2-3,6,8H,4-5,7H2,1H3. The molecular weight excluding hydrogens is 399 g/mol. The van der Waals surface area contributed by atoms with Gasteiger partial charge in [-0.1, -0.05) is 11.6 Å². The fourth-order valence-corrected chi connectivity index (χ4v) is 3.19. The molecule has 3 heterocycles. The molecule has 1 aliphatic heterocycles. The lowest BCUT2D eigenvalue weighted by Crippen LogP contribution is -2.44. The van der Waals surface area contributed by atoms with Crippen LogP contribution in [-0.4, -0.2) is 49.7 Å². The molecule has 0 bridgehead atoms. The van der Waals surface area contributed by atoms with Crippen LogP contribution in [0.15, 0.2) is 18.3 Å². The minimum atomic E-state index is -5.85. The van der Waals surface area contributed by atoms with Crippen LogP contribution >= 0.6 is 11.6 Å². The number of hydrogen-bond donors (Lipinski definition) is 0. The van der Waals surface area contributed by atoms with E-state index in [2.05, 4.69) is 14.2 Å². The van der Waals surface area contributed by atoms with Crippen molar-refractivity contribution in [3.8, 4) is 5.75 Å². The number of aromatic nitrogens is 2. The van der Waals surface area contributed by atoms with Gasteiger partial charge in [0.1, 0.15) is 11.3 Å². The molecule has 3 rings (SSSR count). The maximum absolute atomic E-state index is 12.7. The number of halogens is 4. The molecule has 0 aliphatic carbocycles. The third-order valence-electron chi connectivity index (χ3n) is 3.78. The first-order valence-corrected chi connectivity index (χ1v) is 9.19. The average Bonchev–Trinajstić information content (AvgIpc) is 2.54. The number of hydrogen-bond acceptors (Lipinski definition) is 7. The monoisotopic (exact) mass is 411 g/mol. The molecule has 0 spiro atoms. The van der Waals surface area contributed by atoms with Crippen LogP contribution < -0.4 is 9.08 Å². The van der Waals surface area contributed by atoms with Crippen molar-refractivity contribution in [3.05, 3.63) is 23.5 Å². The van der Waals surface area contributed by atoms with E-state index in [0.717, 1.165) is 6.07 Å². The van der Waals surface area contributed by atoms with Gasteiger partial charge in [0.25, 0.3) is 0 Å². The first-order chi connectivity index (χ1) is 12.1. The number of ether oxygens (including phenoxy) is 1. The van der Waals surface area contributed by atoms with Gasteiger partial charge >= 0.3 is 15.6 Å². The van der Waals surface area contributed by atoms with Crippen molar-refractivity contribution in [2.75, 3.05) is 24.7 Å². The van der Waals surface area contributed by atoms with E-state index in [4.69, 9.17) is 16.3 Å². The van der Waals surface area contributed by atoms with Crippen molar-refractivity contribution in [2.24, 2.45) is 0 Å². The first-order valence-electron chi connectivity index (χ1n) is 7.40. The highest BCUT2D eigenvalue weighted by Crippen LogP contribution is 2.36. The Labute approximate surface area is 151 Å². The van der Waals surface area contributed by atoms with Gasteiger partial charge in [-0.05, 0) is 13.0 Å². The third kappa shape index (κ3) is 3.51. The first kappa shape index (κ1) is 18.9. The molecule has 26 heavy (non-hydrogen) atoms. The van der Waals surface area contributed by atoms with Gasteiger partial charge in [0, 0.05) is 24.2 Å². The van der Waals surface area contributed by atoms with Crippen LogP contribution in [0.2, 0.25) is 5.15 Å². The Morgan fingerprint density at radius 3 is 2.81 bits per heavy atom. The molecular formula is C14H13ClF3N3O4S. The van der Waals surface area contributed by atoms with Crippen molar-refractivity contribution in [1.82, 2.24) is 9.97 Å². The molecule has 12 heteroatoms. The smallest absolute Gasteiger partial charge is 0.377 e. The van der Waals surface area contributed by atoms with Crippen LogP contribution in [-0.2, 0) is 14.9 Å². The number of alkyl halides is 3. The van der Waals surface area contributed by atoms with Crippen molar-refractivity contribution in [1.29, 1.82) is 0 Å². The number of nitrogens with zero attached hydrogens (tertiary/aromatic N) is 3. The van der Waals surface area contributed by atoms with Crippen LogP contribution in [0.4, 0.5) is 19.0 Å². The summed E-state index contributed by atoms with van der Waals surface area (Å²) in [5.74, 6) is -0.305. The molecule has 1 aliphatic rings. The highest BCUT2D eigenvalue weighted by atomic mass is 35.5. The predicted octanol–water partition coefficient (Wildman–Crippen LogP) is 2.74. The molecule has 0 radical (unpaired) electrons. The SMILES string of the molecule is CC1COCCN1c1cc(OS(=O)(=O)C(F)(F)F)c2ccnc(Cl)c2n1. The van der Waals surface area contributed by atoms with Crippen LogP contribution in [0.25, 0.3) is 10.9 Å². The van der Waals surface area contributed by atoms with Gasteiger partial charge in [-0.3, -0.25) is 0 Å². The van der Waals surface area contributed by atoms with Crippen molar-refractivity contribution < 1.29 is 30.5 Å². The Balaban J connectivity index is 2.16. The topological polar surface area (TPSA) is 81.6 Å². The number of fused-ring (bicyclic) bond motifs is 1. The molecule has 2 aromatic rings. The van der Waals surface area contributed by atoms with Gasteiger partial charge < -0.3 is 13.8 Å². The average molecular weight is 412 g/mol. The van der Waals surface area contributed by atoms with E-state index in [9.17, 15) is 21.6 Å². The summed E-state index contributed by atoms with van der Waals surface area (Å²) in [6, 6.07) is 2.29. The van der Waals surface area contributed by atoms with E-state index in [1.165, 1.54) is 12.3 Å². The van der Waals surface area contributed by atoms with Crippen molar-refractivity contribution in [2.45, 2.75) is 18.5 Å². The molecule has 1 atom stereocenters. The van der Waals surface area contributed by atoms with E-state index < -0.39 is 21.4 Å². The summed E-state index contributed by atoms with van der Waals surface area (Å²) in [7, 11) is -5.85. The van der Waals surface area contributed by atoms with Crippen LogP contribution in [0.5, 0.6) is 5.75 Å². The van der Waals surface area contributed by atoms with Crippen molar-refractivity contribution >= 4 is 38.4 Å². The van der Waals surface area contributed by atoms with Gasteiger partial charge in [0.15, 0.2) is 10.9 Å². The molecule has 2 aromatic heterocycles. The van der Waals surface area contributed by atoms with E-state index in [-0.39, 0.29) is 27.9 Å². The molecule has 7 nitrogen and oxygen atoms in total. The lowest BCUT2D eigenvalue weighted by atomic mass is 10.2. The van der Waals surface area contributed by atoms with Gasteiger partial charge in [-0.15, -0.1) is 0 Å². The van der Waals surface area contributed by atoms with E-state index >= 15 is 0 Å². The normalized spacial score (nSPS) is 19.0. The Hall–Kier alpha value is -1.85. The van der Waals surface area contributed by atoms with Crippen LogP contribution in [0.1, 0.15) is 6.92 Å². The number of morpholine rings is 1. The predicted molar refractivity (Wildman–Crippen MR) is 87.8 cm³/mol. The maximum Gasteiger partial charge on any atom is 0.534 e. The Bertz CT molecular complexity index is 939. The summed E-state index contributed by atoms with van der Waals surface area (Å²) in [6.45, 7) is 3.03. The second-order valence-electron chi connectivity index (χ2n) is 5.58. The summed E-state index contributed by atoms with van der Waals surface area (Å²) < 4.78 is 70.8. The van der Waals surface area contributed by atoms with Gasteiger partial charge in [0.05, 0.1) is 19.3 Å². The summed E-state index contributed by atoms with van der Waals surface area (Å²) in [5, 5.41) is -0.0815. The second-order valence-corrected chi connectivity index (χ2v) is 7.47. The van der Waals surface area contributed by atoms with Gasteiger partial charge in [0.2, 0.25) is 0 Å². The Morgan fingerprint density at radius 1 is 1.42 bits per heavy atom. The summed E-state index contributed by atoms with van der Waals surface area (Å²) in [5.41, 5.74) is -5.52. The largest absolute Gasteiger partial charge is 0.534 e. The fraction of sp³-hybridized carbons (Fsp3) is 0.429. The summed E-state index contributed by atoms with van der Waals surface area (Å²) >= 11 is 5.99. The van der Waals surface area contributed by atoms with Gasteiger partial charge in [-0.25, -0.2) is 9.97 Å². The molecule has 0 aromatic carbocycles. The molecule has 0 saturated carbocycles. The Kier molecular flexibility index (Phi) is 4.88. The Morgan fingerprint density at radius 2 is 2.15 bits per heavy atom. The number of anilines is 1. The minimum Gasteiger partial charge on any atom is -0.377 e. The summed E-state index contributed by atoms with van der Waals surface area (Å²) in [6.07, 6.45) is 1.22. The highest BCUT2D eigenvalue weighted by Gasteiger charge is 2.49. The van der Waals surface area contributed by atoms with Crippen LogP contribution in [0.3, 0.4) is 0 Å². The highest BCUT2D eigenvalue weighted by molar-refractivity contribution is 7.88. The molecule has 0 amide bonds. The quantitative estimate of drug-likeness (QED) is 0.436. The lowest BCUT2D eigenvalue weighted by Gasteiger charge is -2.34.